The van der Waals surface area contributed by atoms with Crippen molar-refractivity contribution in [1.29, 1.82) is 0 Å². The number of para-hydroxylation sites is 1. The van der Waals surface area contributed by atoms with E-state index in [1.165, 1.54) is 0 Å². The van der Waals surface area contributed by atoms with Crippen LogP contribution in [-0.4, -0.2) is 37.5 Å². The molecule has 9 heteroatoms. The Bertz CT molecular complexity index is 669. The number of aliphatic imine (C=N–C) groups is 1. The molecular formula is C19H28N4O5-2. The number of hydrogen-bond acceptors (Lipinski definition) is 6. The summed E-state index contributed by atoms with van der Waals surface area (Å²) in [5, 5.41) is 21.6. The van der Waals surface area contributed by atoms with Crippen molar-refractivity contribution in [2.24, 2.45) is 10.7 Å². The van der Waals surface area contributed by atoms with Crippen LogP contribution in [0.15, 0.2) is 23.2 Å². The molecule has 28 heavy (non-hydrogen) atoms. The molecule has 1 aromatic rings. The van der Waals surface area contributed by atoms with E-state index in [0.29, 0.717) is 6.54 Å². The van der Waals surface area contributed by atoms with Gasteiger partial charge in [-0.3, -0.25) is 15.2 Å². The van der Waals surface area contributed by atoms with Gasteiger partial charge in [0, 0.05) is 25.5 Å². The molecule has 3 N–H and O–H groups in total. The van der Waals surface area contributed by atoms with Gasteiger partial charge in [-0.05, 0) is 44.2 Å². The number of nitrogens with one attached hydrogen (secondary N) is 1. The van der Waals surface area contributed by atoms with Gasteiger partial charge in [0.05, 0.1) is 5.69 Å². The summed E-state index contributed by atoms with van der Waals surface area (Å²) in [6.07, 6.45) is 1.01. The summed E-state index contributed by atoms with van der Waals surface area (Å²) >= 11 is 0. The highest BCUT2D eigenvalue weighted by Crippen LogP contribution is 2.25. The minimum atomic E-state index is -1.37. The Labute approximate surface area is 165 Å². The van der Waals surface area contributed by atoms with Gasteiger partial charge >= 0.3 is 6.03 Å². The molecule has 0 fully saturated rings. The van der Waals surface area contributed by atoms with Crippen LogP contribution in [0.2, 0.25) is 0 Å². The number of carboxylic acids is 2. The molecule has 0 aliphatic carbocycles. The van der Waals surface area contributed by atoms with Crippen LogP contribution in [-0.2, 0) is 9.59 Å². The second kappa shape index (κ2) is 13.1. The summed E-state index contributed by atoms with van der Waals surface area (Å²) in [5.41, 5.74) is 8.68. The smallest absolute Gasteiger partial charge is 0.328 e. The Morgan fingerprint density at radius 1 is 1.11 bits per heavy atom. The molecule has 156 valence electrons. The molecule has 2 amide bonds. The molecule has 0 aromatic heterocycles. The molecule has 1 rings (SSSR count). The van der Waals surface area contributed by atoms with Gasteiger partial charge in [-0.2, -0.15) is 0 Å². The van der Waals surface area contributed by atoms with Gasteiger partial charge in [-0.1, -0.05) is 31.5 Å². The number of nitrogens with two attached hydrogens (primary N) is 1. The third-order valence-electron chi connectivity index (χ3n) is 3.70. The molecule has 1 aromatic carbocycles. The van der Waals surface area contributed by atoms with Crippen LogP contribution in [0, 0.1) is 13.8 Å². The second-order valence-corrected chi connectivity index (χ2v) is 6.03. The van der Waals surface area contributed by atoms with Crippen molar-refractivity contribution in [3.05, 3.63) is 29.3 Å². The molecule has 0 saturated heterocycles. The molecule has 0 spiro atoms. The number of carbonyl (C=O) groups excluding carboxylic acids is 3. The van der Waals surface area contributed by atoms with Gasteiger partial charge in [0.2, 0.25) is 0 Å². The molecule has 0 saturated carbocycles. The zero-order valence-electron chi connectivity index (χ0n) is 16.8. The Balaban J connectivity index is 0.000000769. The zero-order chi connectivity index (χ0) is 21.7. The van der Waals surface area contributed by atoms with Crippen LogP contribution in [0.5, 0.6) is 0 Å². The van der Waals surface area contributed by atoms with Crippen molar-refractivity contribution in [2.75, 3.05) is 18.5 Å². The summed E-state index contributed by atoms with van der Waals surface area (Å²) in [7, 11) is 1.55. The SMILES string of the molecule is CCCCN(C(=O)NC(N)=NC)c1c(C)cccc1C.O=C([O-])CCC(=O)[O-]. The Morgan fingerprint density at radius 2 is 1.61 bits per heavy atom. The monoisotopic (exact) mass is 392 g/mol. The number of carboxylic acid groups (broad SMARTS) is 2. The number of amides is 2. The topological polar surface area (TPSA) is 151 Å². The van der Waals surface area contributed by atoms with Gasteiger partial charge < -0.3 is 25.5 Å². The second-order valence-electron chi connectivity index (χ2n) is 6.03. The third-order valence-corrected chi connectivity index (χ3v) is 3.70. The molecule has 0 heterocycles. The number of nitrogens with zero attached hydrogens (tertiary/aromatic N) is 2. The number of carbonyl (C=O) groups is 3. The molecule has 0 aliphatic heterocycles. The maximum Gasteiger partial charge on any atom is 0.328 e. The van der Waals surface area contributed by atoms with Crippen molar-refractivity contribution in [3.8, 4) is 0 Å². The van der Waals surface area contributed by atoms with Crippen LogP contribution in [0.3, 0.4) is 0 Å². The lowest BCUT2D eigenvalue weighted by molar-refractivity contribution is -0.315. The number of hydrogen-bond donors (Lipinski definition) is 2. The van der Waals surface area contributed by atoms with Crippen molar-refractivity contribution >= 4 is 29.6 Å². The first-order valence-electron chi connectivity index (χ1n) is 8.90. The minimum Gasteiger partial charge on any atom is -0.550 e. The van der Waals surface area contributed by atoms with E-state index >= 15 is 0 Å². The Hall–Kier alpha value is -3.10. The minimum absolute atomic E-state index is 0.128. The first-order valence-corrected chi connectivity index (χ1v) is 8.90. The number of benzene rings is 1. The fourth-order valence-corrected chi connectivity index (χ4v) is 2.30. The summed E-state index contributed by atoms with van der Waals surface area (Å²) in [4.78, 5) is 36.9. The van der Waals surface area contributed by atoms with Gasteiger partial charge in [0.15, 0.2) is 5.96 Å². The van der Waals surface area contributed by atoms with E-state index in [1.807, 2.05) is 32.0 Å². The number of urea groups is 1. The largest absolute Gasteiger partial charge is 0.550 e. The summed E-state index contributed by atoms with van der Waals surface area (Å²) < 4.78 is 0. The van der Waals surface area contributed by atoms with E-state index in [0.717, 1.165) is 29.7 Å². The van der Waals surface area contributed by atoms with Crippen molar-refractivity contribution in [1.82, 2.24) is 5.32 Å². The summed E-state index contributed by atoms with van der Waals surface area (Å²) in [5.74, 6) is -2.61. The van der Waals surface area contributed by atoms with Gasteiger partial charge in [0.25, 0.3) is 0 Å². The lowest BCUT2D eigenvalue weighted by Gasteiger charge is -2.26. The van der Waals surface area contributed by atoms with Crippen LogP contribution in [0.4, 0.5) is 10.5 Å². The van der Waals surface area contributed by atoms with Gasteiger partial charge in [0.1, 0.15) is 0 Å². The number of aliphatic carboxylic acids is 2. The van der Waals surface area contributed by atoms with Crippen molar-refractivity contribution < 1.29 is 24.6 Å². The number of aryl methyl sites for hydroxylation is 2. The van der Waals surface area contributed by atoms with Gasteiger partial charge in [-0.15, -0.1) is 0 Å². The molecule has 0 unspecified atom stereocenters. The van der Waals surface area contributed by atoms with Crippen molar-refractivity contribution in [2.45, 2.75) is 46.5 Å². The van der Waals surface area contributed by atoms with Crippen LogP contribution in [0.25, 0.3) is 0 Å². The average Bonchev–Trinajstić information content (AvgIpc) is 2.62. The highest BCUT2D eigenvalue weighted by atomic mass is 16.4. The van der Waals surface area contributed by atoms with E-state index in [1.54, 1.807) is 11.9 Å². The van der Waals surface area contributed by atoms with E-state index in [4.69, 9.17) is 5.73 Å². The maximum absolute atomic E-state index is 12.4. The Kier molecular flexibility index (Phi) is 11.7. The predicted octanol–water partition coefficient (Wildman–Crippen LogP) is -0.170. The van der Waals surface area contributed by atoms with E-state index in [9.17, 15) is 24.6 Å². The fraction of sp³-hybridized carbons (Fsp3) is 0.474. The first kappa shape index (κ1) is 24.9. The number of rotatable bonds is 7. The summed E-state index contributed by atoms with van der Waals surface area (Å²) in [6.45, 7) is 6.77. The standard InChI is InChI=1S/C15H24N4O.C4H6O4/c1-5-6-10-19(15(20)18-14(16)17-4)13-11(2)8-7-9-12(13)3;5-3(6)1-2-4(7)8/h7-9H,5-6,10H2,1-4H3,(H3,16,17,18,20);1-2H2,(H,5,6)(H,7,8)/p-2. The lowest BCUT2D eigenvalue weighted by atomic mass is 10.1. The number of unbranched alkanes of at least 4 members (excludes halogenated alkanes) is 1. The predicted molar refractivity (Wildman–Crippen MR) is 103 cm³/mol. The molecule has 9 nitrogen and oxygen atoms in total. The average molecular weight is 392 g/mol. The molecule has 0 aliphatic rings. The van der Waals surface area contributed by atoms with E-state index in [-0.39, 0.29) is 12.0 Å². The first-order chi connectivity index (χ1) is 13.1. The molecule has 0 atom stereocenters. The third kappa shape index (κ3) is 9.56. The fourth-order valence-electron chi connectivity index (χ4n) is 2.30. The Morgan fingerprint density at radius 3 is 2.00 bits per heavy atom. The molecule has 0 bridgehead atoms. The highest BCUT2D eigenvalue weighted by Gasteiger charge is 2.19. The molecule has 0 radical (unpaired) electrons. The zero-order valence-corrected chi connectivity index (χ0v) is 16.8. The summed E-state index contributed by atoms with van der Waals surface area (Å²) in [6, 6.07) is 5.77. The normalized spacial score (nSPS) is 10.5. The number of guanidine groups is 1. The quantitative estimate of drug-likeness (QED) is 0.485. The highest BCUT2D eigenvalue weighted by molar-refractivity contribution is 6.03. The van der Waals surface area contributed by atoms with E-state index in [2.05, 4.69) is 17.2 Å². The van der Waals surface area contributed by atoms with Crippen molar-refractivity contribution in [3.63, 3.8) is 0 Å². The lowest BCUT2D eigenvalue weighted by Crippen LogP contribution is -2.46. The maximum atomic E-state index is 12.4. The number of anilines is 1. The van der Waals surface area contributed by atoms with Crippen LogP contribution in [0.1, 0.15) is 43.7 Å². The van der Waals surface area contributed by atoms with E-state index < -0.39 is 24.8 Å². The van der Waals surface area contributed by atoms with Gasteiger partial charge in [-0.25, -0.2) is 4.79 Å². The molecular weight excluding hydrogens is 364 g/mol. The van der Waals surface area contributed by atoms with Crippen LogP contribution < -0.4 is 26.2 Å². The van der Waals surface area contributed by atoms with Crippen LogP contribution >= 0.6 is 0 Å².